The Labute approximate surface area is 152 Å². The van der Waals surface area contributed by atoms with Crippen LogP contribution in [-0.4, -0.2) is 28.9 Å². The molecule has 1 amide bonds. The first-order valence-corrected chi connectivity index (χ1v) is 9.77. The van der Waals surface area contributed by atoms with Crippen LogP contribution < -0.4 is 4.90 Å². The molecule has 0 aliphatic carbocycles. The normalized spacial score (nSPS) is 14.0. The summed E-state index contributed by atoms with van der Waals surface area (Å²) in [5.41, 5.74) is 2.37. The number of hydrogen-bond acceptors (Lipinski definition) is 5. The summed E-state index contributed by atoms with van der Waals surface area (Å²) in [7, 11) is 0. The van der Waals surface area contributed by atoms with Gasteiger partial charge in [-0.25, -0.2) is 4.98 Å². The summed E-state index contributed by atoms with van der Waals surface area (Å²) in [5, 5.41) is 1.10. The maximum atomic E-state index is 12.6. The zero-order chi connectivity index (χ0) is 16.5. The maximum absolute atomic E-state index is 12.6. The van der Waals surface area contributed by atoms with Crippen molar-refractivity contribution in [3.63, 3.8) is 0 Å². The van der Waals surface area contributed by atoms with Crippen molar-refractivity contribution in [2.24, 2.45) is 0 Å². The van der Waals surface area contributed by atoms with E-state index >= 15 is 0 Å². The number of anilines is 1. The number of thioether (sulfide) groups is 2. The van der Waals surface area contributed by atoms with Crippen LogP contribution in [0.15, 0.2) is 57.0 Å². The second-order valence-electron chi connectivity index (χ2n) is 5.24. The van der Waals surface area contributed by atoms with E-state index in [-0.39, 0.29) is 5.91 Å². The quantitative estimate of drug-likeness (QED) is 0.619. The maximum Gasteiger partial charge on any atom is 0.257 e. The van der Waals surface area contributed by atoms with Gasteiger partial charge in [-0.15, -0.1) is 11.8 Å². The smallest absolute Gasteiger partial charge is 0.257 e. The Bertz CT molecular complexity index is 912. The molecule has 0 bridgehead atoms. The van der Waals surface area contributed by atoms with Crippen molar-refractivity contribution in [3.8, 4) is 0 Å². The van der Waals surface area contributed by atoms with Gasteiger partial charge in [-0.05, 0) is 30.3 Å². The molecule has 0 fully saturated rings. The molecule has 0 N–H and O–H groups in total. The van der Waals surface area contributed by atoms with E-state index in [1.54, 1.807) is 30.0 Å². The molecule has 0 atom stereocenters. The Kier molecular flexibility index (Phi) is 4.43. The van der Waals surface area contributed by atoms with E-state index in [1.165, 1.54) is 11.8 Å². The number of nitrogens with zero attached hydrogens (tertiary/aromatic N) is 2. The van der Waals surface area contributed by atoms with Gasteiger partial charge >= 0.3 is 0 Å². The number of hydrogen-bond donors (Lipinski definition) is 0. The summed E-state index contributed by atoms with van der Waals surface area (Å²) in [6.07, 6.45) is 0. The molecular formula is C17H13ClN2O2S2. The summed E-state index contributed by atoms with van der Waals surface area (Å²) >= 11 is 9.05. The van der Waals surface area contributed by atoms with Gasteiger partial charge in [-0.2, -0.15) is 0 Å². The summed E-state index contributed by atoms with van der Waals surface area (Å²) in [6, 6.07) is 13.3. The molecule has 7 heteroatoms. The molecule has 1 aliphatic heterocycles. The number of fused-ring (bicyclic) bond motifs is 2. The van der Waals surface area contributed by atoms with Crippen molar-refractivity contribution in [2.75, 3.05) is 23.0 Å². The first kappa shape index (κ1) is 15.9. The number of carbonyl (C=O) groups excluding carboxylic acids is 1. The Morgan fingerprint density at radius 2 is 2.21 bits per heavy atom. The lowest BCUT2D eigenvalue weighted by Gasteiger charge is -2.28. The third kappa shape index (κ3) is 3.14. The lowest BCUT2D eigenvalue weighted by atomic mass is 10.3. The summed E-state index contributed by atoms with van der Waals surface area (Å²) < 4.78 is 5.65. The monoisotopic (exact) mass is 376 g/mol. The molecule has 2 aromatic carbocycles. The minimum Gasteiger partial charge on any atom is -0.431 e. The van der Waals surface area contributed by atoms with E-state index in [2.05, 4.69) is 11.1 Å². The van der Waals surface area contributed by atoms with Crippen molar-refractivity contribution in [1.29, 1.82) is 0 Å². The molecule has 122 valence electrons. The van der Waals surface area contributed by atoms with Crippen molar-refractivity contribution >= 4 is 57.8 Å². The summed E-state index contributed by atoms with van der Waals surface area (Å²) in [4.78, 5) is 20.0. The predicted molar refractivity (Wildman–Crippen MR) is 99.3 cm³/mol. The van der Waals surface area contributed by atoms with Gasteiger partial charge in [0.15, 0.2) is 5.58 Å². The zero-order valence-corrected chi connectivity index (χ0v) is 15.0. The SMILES string of the molecule is O=C(CSc1nc2cc(Cl)ccc2o1)N1CCSc2ccccc21. The van der Waals surface area contributed by atoms with Gasteiger partial charge in [-0.3, -0.25) is 4.79 Å². The van der Waals surface area contributed by atoms with E-state index in [1.807, 2.05) is 23.1 Å². The van der Waals surface area contributed by atoms with Crippen LogP contribution in [0.3, 0.4) is 0 Å². The number of oxazole rings is 1. The van der Waals surface area contributed by atoms with Crippen LogP contribution in [0, 0.1) is 0 Å². The molecule has 0 unspecified atom stereocenters. The van der Waals surface area contributed by atoms with Gasteiger partial charge < -0.3 is 9.32 Å². The van der Waals surface area contributed by atoms with Gasteiger partial charge in [0.25, 0.3) is 5.22 Å². The highest BCUT2D eigenvalue weighted by Gasteiger charge is 2.23. The fourth-order valence-corrected chi connectivity index (χ4v) is 4.45. The number of aromatic nitrogens is 1. The molecule has 0 saturated carbocycles. The Morgan fingerprint density at radius 3 is 3.12 bits per heavy atom. The summed E-state index contributed by atoms with van der Waals surface area (Å²) in [5.74, 6) is 1.27. The van der Waals surface area contributed by atoms with Crippen molar-refractivity contribution in [2.45, 2.75) is 10.1 Å². The Balaban J connectivity index is 1.48. The summed E-state index contributed by atoms with van der Waals surface area (Å²) in [6.45, 7) is 0.726. The van der Waals surface area contributed by atoms with Crippen LogP contribution >= 0.6 is 35.1 Å². The topological polar surface area (TPSA) is 46.3 Å². The number of rotatable bonds is 3. The molecule has 0 spiro atoms. The van der Waals surface area contributed by atoms with Gasteiger partial charge in [0.1, 0.15) is 5.52 Å². The van der Waals surface area contributed by atoms with Gasteiger partial charge in [0.05, 0.1) is 11.4 Å². The number of carbonyl (C=O) groups is 1. The molecule has 1 aliphatic rings. The minimum absolute atomic E-state index is 0.0630. The number of halogens is 1. The first-order valence-electron chi connectivity index (χ1n) is 7.42. The van der Waals surface area contributed by atoms with Crippen LogP contribution in [0.25, 0.3) is 11.1 Å². The lowest BCUT2D eigenvalue weighted by molar-refractivity contribution is -0.116. The average molecular weight is 377 g/mol. The number of amides is 1. The largest absolute Gasteiger partial charge is 0.431 e. The van der Waals surface area contributed by atoms with E-state index in [0.29, 0.717) is 27.1 Å². The molecule has 24 heavy (non-hydrogen) atoms. The highest BCUT2D eigenvalue weighted by molar-refractivity contribution is 8.00. The fraction of sp³-hybridized carbons (Fsp3) is 0.176. The third-order valence-electron chi connectivity index (χ3n) is 3.68. The van der Waals surface area contributed by atoms with Crippen molar-refractivity contribution in [3.05, 3.63) is 47.5 Å². The van der Waals surface area contributed by atoms with E-state index < -0.39 is 0 Å². The number of para-hydroxylation sites is 1. The van der Waals surface area contributed by atoms with Gasteiger partial charge in [-0.1, -0.05) is 35.5 Å². The van der Waals surface area contributed by atoms with Crippen LogP contribution in [0.1, 0.15) is 0 Å². The second-order valence-corrected chi connectivity index (χ2v) is 7.74. The van der Waals surface area contributed by atoms with E-state index in [4.69, 9.17) is 16.0 Å². The molecule has 3 aromatic rings. The molecule has 4 rings (SSSR count). The highest BCUT2D eigenvalue weighted by atomic mass is 35.5. The number of benzene rings is 2. The highest BCUT2D eigenvalue weighted by Crippen LogP contribution is 2.35. The molecule has 0 saturated heterocycles. The van der Waals surface area contributed by atoms with Crippen molar-refractivity contribution < 1.29 is 9.21 Å². The Hall–Kier alpha value is -1.63. The molecule has 2 heterocycles. The zero-order valence-electron chi connectivity index (χ0n) is 12.6. The predicted octanol–water partition coefficient (Wildman–Crippen LogP) is 4.71. The minimum atomic E-state index is 0.0630. The van der Waals surface area contributed by atoms with Crippen LogP contribution in [-0.2, 0) is 4.79 Å². The van der Waals surface area contributed by atoms with Crippen LogP contribution in [0.4, 0.5) is 5.69 Å². The van der Waals surface area contributed by atoms with E-state index in [9.17, 15) is 4.79 Å². The second kappa shape index (κ2) is 6.70. The standard InChI is InChI=1S/C17H13ClN2O2S2/c18-11-5-6-14-12(9-11)19-17(22-14)24-10-16(21)20-7-8-23-15-4-2-1-3-13(15)20/h1-6,9H,7-8,10H2. The Morgan fingerprint density at radius 1 is 1.33 bits per heavy atom. The molecular weight excluding hydrogens is 364 g/mol. The van der Waals surface area contributed by atoms with Crippen LogP contribution in [0.5, 0.6) is 0 Å². The molecule has 4 nitrogen and oxygen atoms in total. The molecule has 1 aromatic heterocycles. The van der Waals surface area contributed by atoms with E-state index in [0.717, 1.165) is 22.9 Å². The van der Waals surface area contributed by atoms with Gasteiger partial charge in [0.2, 0.25) is 5.91 Å². The molecule has 0 radical (unpaired) electrons. The fourth-order valence-electron chi connectivity index (χ4n) is 2.57. The first-order chi connectivity index (χ1) is 11.7. The van der Waals surface area contributed by atoms with Gasteiger partial charge in [0, 0.05) is 22.2 Å². The average Bonchev–Trinajstić information content (AvgIpc) is 3.01. The lowest BCUT2D eigenvalue weighted by Crippen LogP contribution is -2.36. The third-order valence-corrected chi connectivity index (χ3v) is 5.77. The van der Waals surface area contributed by atoms with Crippen LogP contribution in [0.2, 0.25) is 5.02 Å². The van der Waals surface area contributed by atoms with Crippen molar-refractivity contribution in [1.82, 2.24) is 4.98 Å².